The number of nitrogens with zero attached hydrogens (tertiary/aromatic N) is 3. The van der Waals surface area contributed by atoms with E-state index in [0.717, 1.165) is 17.0 Å². The van der Waals surface area contributed by atoms with Crippen molar-refractivity contribution >= 4 is 23.8 Å². The number of anilines is 1. The predicted octanol–water partition coefficient (Wildman–Crippen LogP) is 2.87. The lowest BCUT2D eigenvalue weighted by molar-refractivity contribution is -0.121. The van der Waals surface area contributed by atoms with E-state index in [1.807, 2.05) is 61.6 Å². The molecule has 1 heterocycles. The van der Waals surface area contributed by atoms with E-state index in [1.165, 1.54) is 0 Å². The molecule has 3 rings (SSSR count). The zero-order valence-electron chi connectivity index (χ0n) is 15.9. The fraction of sp³-hybridized carbons (Fsp3) is 0.250. The van der Waals surface area contributed by atoms with Crippen molar-refractivity contribution < 1.29 is 9.53 Å². The highest BCUT2D eigenvalue weighted by Crippen LogP contribution is 2.20. The van der Waals surface area contributed by atoms with Crippen LogP contribution in [0.1, 0.15) is 0 Å². The van der Waals surface area contributed by atoms with Crippen LogP contribution in [0.15, 0.2) is 54.6 Å². The summed E-state index contributed by atoms with van der Waals surface area (Å²) >= 11 is 5.29. The van der Waals surface area contributed by atoms with Crippen molar-refractivity contribution in [3.8, 4) is 17.1 Å². The number of nitrogens with one attached hydrogen (secondary N) is 2. The number of aromatic amines is 1. The van der Waals surface area contributed by atoms with Gasteiger partial charge in [-0.05, 0) is 48.6 Å². The number of likely N-dealkylation sites (N-methyl/N-ethyl adjacent to an activating group) is 1. The van der Waals surface area contributed by atoms with Gasteiger partial charge in [0.05, 0.1) is 7.11 Å². The Bertz CT molecular complexity index is 966. The molecule has 0 fully saturated rings. The summed E-state index contributed by atoms with van der Waals surface area (Å²) in [7, 11) is 3.61. The Morgan fingerprint density at radius 1 is 1.21 bits per heavy atom. The molecular weight excluding hydrogens is 374 g/mol. The van der Waals surface area contributed by atoms with Crippen LogP contribution in [0, 0.1) is 4.77 Å². The van der Waals surface area contributed by atoms with Crippen molar-refractivity contribution in [2.24, 2.45) is 0 Å². The summed E-state index contributed by atoms with van der Waals surface area (Å²) in [4.78, 5) is 14.5. The second-order valence-corrected chi connectivity index (χ2v) is 6.66. The predicted molar refractivity (Wildman–Crippen MR) is 112 cm³/mol. The Hall–Kier alpha value is -3.13. The normalized spacial score (nSPS) is 10.5. The van der Waals surface area contributed by atoms with Crippen LogP contribution in [0.2, 0.25) is 0 Å². The molecule has 7 nitrogen and oxygen atoms in total. The van der Waals surface area contributed by atoms with Gasteiger partial charge in [0.15, 0.2) is 10.6 Å². The highest BCUT2D eigenvalue weighted by atomic mass is 32.1. The molecule has 0 saturated carbocycles. The number of hydrogen-bond donors (Lipinski definition) is 2. The summed E-state index contributed by atoms with van der Waals surface area (Å²) in [5.41, 5.74) is 1.96. The lowest BCUT2D eigenvalue weighted by Crippen LogP contribution is -2.35. The van der Waals surface area contributed by atoms with Crippen LogP contribution in [0.25, 0.3) is 11.4 Å². The van der Waals surface area contributed by atoms with Crippen LogP contribution < -0.4 is 15.0 Å². The Balaban J connectivity index is 1.60. The van der Waals surface area contributed by atoms with E-state index in [9.17, 15) is 4.79 Å². The fourth-order valence-electron chi connectivity index (χ4n) is 2.80. The quantitative estimate of drug-likeness (QED) is 0.572. The molecule has 0 radical (unpaired) electrons. The third-order valence-corrected chi connectivity index (χ3v) is 4.69. The maximum Gasteiger partial charge on any atom is 0.240 e. The number of carbonyl (C=O) groups excluding carboxylic acids is 1. The lowest BCUT2D eigenvalue weighted by Gasteiger charge is -2.19. The molecule has 3 aromatic rings. The molecule has 2 N–H and O–H groups in total. The van der Waals surface area contributed by atoms with Gasteiger partial charge in [0.2, 0.25) is 5.91 Å². The Kier molecular flexibility index (Phi) is 6.44. The average Bonchev–Trinajstić information content (AvgIpc) is 3.09. The molecule has 0 unspecified atom stereocenters. The highest BCUT2D eigenvalue weighted by molar-refractivity contribution is 7.71. The van der Waals surface area contributed by atoms with E-state index >= 15 is 0 Å². The molecule has 28 heavy (non-hydrogen) atoms. The van der Waals surface area contributed by atoms with E-state index in [2.05, 4.69) is 20.4 Å². The van der Waals surface area contributed by atoms with Gasteiger partial charge >= 0.3 is 0 Å². The number of ether oxygens (including phenoxy) is 1. The van der Waals surface area contributed by atoms with E-state index in [4.69, 9.17) is 17.0 Å². The minimum absolute atomic E-state index is 0.103. The zero-order chi connectivity index (χ0) is 19.9. The van der Waals surface area contributed by atoms with Crippen LogP contribution in [0.5, 0.6) is 5.75 Å². The van der Waals surface area contributed by atoms with Gasteiger partial charge in [0.25, 0.3) is 0 Å². The van der Waals surface area contributed by atoms with Crippen molar-refractivity contribution in [1.29, 1.82) is 0 Å². The molecular formula is C20H23N5O2S. The molecule has 0 saturated heterocycles. The first-order valence-corrected chi connectivity index (χ1v) is 9.32. The largest absolute Gasteiger partial charge is 0.497 e. The van der Waals surface area contributed by atoms with Gasteiger partial charge in [-0.2, -0.15) is 5.10 Å². The van der Waals surface area contributed by atoms with Gasteiger partial charge in [-0.15, -0.1) is 0 Å². The maximum atomic E-state index is 12.4. The van der Waals surface area contributed by atoms with Gasteiger partial charge in [-0.3, -0.25) is 14.5 Å². The molecule has 8 heteroatoms. The maximum absolute atomic E-state index is 12.4. The van der Waals surface area contributed by atoms with Gasteiger partial charge in [0.1, 0.15) is 12.3 Å². The number of para-hydroxylation sites is 1. The summed E-state index contributed by atoms with van der Waals surface area (Å²) in [6.07, 6.45) is 0. The molecule has 0 atom stereocenters. The average molecular weight is 398 g/mol. The number of amides is 1. The van der Waals surface area contributed by atoms with Crippen molar-refractivity contribution in [2.45, 2.75) is 6.54 Å². The first-order valence-electron chi connectivity index (χ1n) is 8.91. The lowest BCUT2D eigenvalue weighted by atomic mass is 10.2. The standard InChI is InChI=1S/C20H23N5O2S/c1-24(16-6-4-3-5-7-16)13-12-21-18(26)14-25-19(22-23-20(25)28)15-8-10-17(27-2)11-9-15/h3-11H,12-14H2,1-2H3,(H,21,26)(H,23,28). The minimum Gasteiger partial charge on any atom is -0.497 e. The molecule has 0 aliphatic heterocycles. The molecule has 0 bridgehead atoms. The van der Waals surface area contributed by atoms with Crippen LogP contribution in [0.3, 0.4) is 0 Å². The van der Waals surface area contributed by atoms with Crippen molar-refractivity contribution in [2.75, 3.05) is 32.1 Å². The van der Waals surface area contributed by atoms with Gasteiger partial charge < -0.3 is 15.0 Å². The SMILES string of the molecule is COc1ccc(-c2n[nH]c(=S)n2CC(=O)NCCN(C)c2ccccc2)cc1. The Morgan fingerprint density at radius 2 is 1.93 bits per heavy atom. The molecule has 1 amide bonds. The molecule has 0 aliphatic rings. The molecule has 0 spiro atoms. The van der Waals surface area contributed by atoms with E-state index in [0.29, 0.717) is 23.7 Å². The summed E-state index contributed by atoms with van der Waals surface area (Å²) in [5.74, 6) is 1.25. The van der Waals surface area contributed by atoms with E-state index in [-0.39, 0.29) is 12.5 Å². The van der Waals surface area contributed by atoms with E-state index < -0.39 is 0 Å². The fourth-order valence-corrected chi connectivity index (χ4v) is 3.00. The van der Waals surface area contributed by atoms with Crippen LogP contribution in [-0.4, -0.2) is 47.9 Å². The summed E-state index contributed by atoms with van der Waals surface area (Å²) in [6.45, 7) is 1.34. The Labute approximate surface area is 169 Å². The number of H-pyrrole nitrogens is 1. The van der Waals surface area contributed by atoms with Crippen LogP contribution in [0.4, 0.5) is 5.69 Å². The highest BCUT2D eigenvalue weighted by Gasteiger charge is 2.12. The van der Waals surface area contributed by atoms with Crippen molar-refractivity contribution in [3.63, 3.8) is 0 Å². The van der Waals surface area contributed by atoms with Crippen molar-refractivity contribution in [3.05, 3.63) is 59.4 Å². The number of aromatic nitrogens is 3. The summed E-state index contributed by atoms with van der Waals surface area (Å²) in [6, 6.07) is 17.5. The number of carbonyl (C=O) groups is 1. The molecule has 146 valence electrons. The molecule has 1 aromatic heterocycles. The second kappa shape index (κ2) is 9.18. The molecule has 2 aromatic carbocycles. The monoisotopic (exact) mass is 397 g/mol. The topological polar surface area (TPSA) is 75.2 Å². The van der Waals surface area contributed by atoms with Gasteiger partial charge in [0, 0.05) is 31.4 Å². The first kappa shape index (κ1) is 19.6. The minimum atomic E-state index is -0.117. The second-order valence-electron chi connectivity index (χ2n) is 6.27. The zero-order valence-corrected chi connectivity index (χ0v) is 16.7. The van der Waals surface area contributed by atoms with Gasteiger partial charge in [-0.1, -0.05) is 18.2 Å². The number of hydrogen-bond acceptors (Lipinski definition) is 5. The van der Waals surface area contributed by atoms with Gasteiger partial charge in [-0.25, -0.2) is 0 Å². The van der Waals surface area contributed by atoms with Crippen LogP contribution in [-0.2, 0) is 11.3 Å². The third-order valence-electron chi connectivity index (χ3n) is 4.37. The Morgan fingerprint density at radius 3 is 2.61 bits per heavy atom. The number of benzene rings is 2. The number of rotatable bonds is 8. The van der Waals surface area contributed by atoms with Crippen molar-refractivity contribution in [1.82, 2.24) is 20.1 Å². The smallest absolute Gasteiger partial charge is 0.240 e. The first-order chi connectivity index (χ1) is 13.6. The number of methoxy groups -OCH3 is 1. The van der Waals surface area contributed by atoms with Crippen LogP contribution >= 0.6 is 12.2 Å². The third kappa shape index (κ3) is 4.77. The molecule has 0 aliphatic carbocycles. The summed E-state index contributed by atoms with van der Waals surface area (Å²) < 4.78 is 7.27. The van der Waals surface area contributed by atoms with E-state index in [1.54, 1.807) is 11.7 Å². The summed E-state index contributed by atoms with van der Waals surface area (Å²) in [5, 5.41) is 9.96.